The van der Waals surface area contributed by atoms with Gasteiger partial charge >= 0.3 is 14.3 Å². The summed E-state index contributed by atoms with van der Waals surface area (Å²) in [4.78, 5) is 47.7. The highest BCUT2D eigenvalue weighted by Gasteiger charge is 2.44. The van der Waals surface area contributed by atoms with Crippen LogP contribution in [-0.2, 0) is 15.8 Å². The fourth-order valence-corrected chi connectivity index (χ4v) is 4.04. The van der Waals surface area contributed by atoms with E-state index < -0.39 is 51.0 Å². The molecule has 1 aliphatic heterocycles. The third kappa shape index (κ3) is 5.16. The van der Waals surface area contributed by atoms with Crippen LogP contribution in [0.15, 0.2) is 64.4 Å². The molecule has 0 bridgehead atoms. The van der Waals surface area contributed by atoms with Gasteiger partial charge in [-0.15, -0.1) is 0 Å². The Morgan fingerprint density at radius 2 is 1.79 bits per heavy atom. The first kappa shape index (κ1) is 24.4. The molecule has 4 N–H and O–H groups in total. The Labute approximate surface area is 195 Å². The fourth-order valence-electron chi connectivity index (χ4n) is 3.76. The van der Waals surface area contributed by atoms with Crippen molar-refractivity contribution in [3.8, 4) is 11.1 Å². The topological polar surface area (TPSA) is 156 Å². The van der Waals surface area contributed by atoms with Crippen molar-refractivity contribution < 1.29 is 29.3 Å². The zero-order valence-corrected chi connectivity index (χ0v) is 19.0. The monoisotopic (exact) mass is 489 g/mol. The number of aliphatic hydroxyl groups excluding tert-OH is 2. The quantitative estimate of drug-likeness (QED) is 0.342. The van der Waals surface area contributed by atoms with Crippen LogP contribution in [0.3, 0.4) is 0 Å². The van der Waals surface area contributed by atoms with Crippen molar-refractivity contribution in [2.45, 2.75) is 38.0 Å². The summed E-state index contributed by atoms with van der Waals surface area (Å²) in [7, 11) is -2.68. The molecule has 0 radical (unpaired) electrons. The Morgan fingerprint density at radius 1 is 1.06 bits per heavy atom. The summed E-state index contributed by atoms with van der Waals surface area (Å²) in [6, 6.07) is 12.7. The number of hydrogen-bond donors (Lipinski definition) is 4. The fraction of sp³-hybridized carbons (Fsp3) is 0.318. The van der Waals surface area contributed by atoms with E-state index in [0.29, 0.717) is 5.69 Å². The van der Waals surface area contributed by atoms with Crippen LogP contribution < -0.4 is 11.2 Å². The predicted octanol–water partition coefficient (Wildman–Crippen LogP) is 0.276. The summed E-state index contributed by atoms with van der Waals surface area (Å²) in [6.45, 7) is 1.47. The maximum absolute atomic E-state index is 13.1. The van der Waals surface area contributed by atoms with Crippen LogP contribution in [0, 0.1) is 6.92 Å². The highest BCUT2D eigenvalue weighted by Crippen LogP contribution is 2.32. The van der Waals surface area contributed by atoms with Crippen LogP contribution in [-0.4, -0.2) is 59.0 Å². The summed E-state index contributed by atoms with van der Waals surface area (Å²) in [5.41, 5.74) is 2.11. The van der Waals surface area contributed by atoms with Crippen LogP contribution in [0.25, 0.3) is 11.1 Å². The van der Waals surface area contributed by atoms with Gasteiger partial charge in [-0.3, -0.25) is 18.9 Å². The molecular weight excluding hydrogens is 465 g/mol. The number of aromatic nitrogens is 3. The summed E-state index contributed by atoms with van der Waals surface area (Å²) in [5.74, 6) is 0. The summed E-state index contributed by atoms with van der Waals surface area (Å²) < 4.78 is 12.1. The molecule has 180 valence electrons. The number of aliphatic hydroxyl groups is 2. The van der Waals surface area contributed by atoms with Crippen molar-refractivity contribution in [2.75, 3.05) is 6.61 Å². The average Bonchev–Trinajstić information content (AvgIpc) is 3.09. The van der Waals surface area contributed by atoms with Crippen molar-refractivity contribution in [1.29, 1.82) is 0 Å². The van der Waals surface area contributed by atoms with Crippen LogP contribution in [0.5, 0.6) is 0 Å². The van der Waals surface area contributed by atoms with Gasteiger partial charge in [0.1, 0.15) is 18.3 Å². The van der Waals surface area contributed by atoms with E-state index >= 15 is 0 Å². The standard InChI is InChI=1S/C22H24N3O8P/c1-13-2-4-14(5-3-13)15-6-8-23-16(10-15)11-25-18(26)7-9-24(22(25)29)21-20(28)19(27)17(33-21)12-32-34(30)31/h2-10,17,19-21,27-28,30-31H,11-12H2,1H3. The number of rotatable bonds is 7. The van der Waals surface area contributed by atoms with Crippen LogP contribution in [0.2, 0.25) is 0 Å². The molecular formula is C22H24N3O8P. The predicted molar refractivity (Wildman–Crippen MR) is 122 cm³/mol. The van der Waals surface area contributed by atoms with E-state index in [1.54, 1.807) is 12.3 Å². The van der Waals surface area contributed by atoms with Crippen molar-refractivity contribution >= 4 is 8.60 Å². The lowest BCUT2D eigenvalue weighted by Crippen LogP contribution is -2.43. The van der Waals surface area contributed by atoms with Gasteiger partial charge in [0.05, 0.1) is 18.8 Å². The molecule has 0 aliphatic carbocycles. The van der Waals surface area contributed by atoms with E-state index in [9.17, 15) is 19.8 Å². The summed E-state index contributed by atoms with van der Waals surface area (Å²) in [6.07, 6.45) is -2.60. The van der Waals surface area contributed by atoms with E-state index in [4.69, 9.17) is 14.5 Å². The molecule has 0 spiro atoms. The largest absolute Gasteiger partial charge is 0.387 e. The second kappa shape index (κ2) is 10.2. The number of pyridine rings is 1. The minimum Gasteiger partial charge on any atom is -0.387 e. The van der Waals surface area contributed by atoms with Gasteiger partial charge in [-0.1, -0.05) is 29.8 Å². The molecule has 4 atom stereocenters. The lowest BCUT2D eigenvalue weighted by molar-refractivity contribution is -0.0531. The molecule has 0 saturated carbocycles. The summed E-state index contributed by atoms with van der Waals surface area (Å²) in [5, 5.41) is 20.6. The molecule has 3 aromatic rings. The maximum atomic E-state index is 13.1. The van der Waals surface area contributed by atoms with Gasteiger partial charge < -0.3 is 29.3 Å². The van der Waals surface area contributed by atoms with Gasteiger partial charge in [0.25, 0.3) is 5.56 Å². The Morgan fingerprint density at radius 3 is 2.50 bits per heavy atom. The van der Waals surface area contributed by atoms with Crippen LogP contribution >= 0.6 is 8.60 Å². The minimum atomic E-state index is -2.68. The molecule has 1 fully saturated rings. The Balaban J connectivity index is 1.61. The highest BCUT2D eigenvalue weighted by atomic mass is 31.2. The smallest absolute Gasteiger partial charge is 0.333 e. The first-order valence-electron chi connectivity index (χ1n) is 10.4. The van der Waals surface area contributed by atoms with E-state index in [1.807, 2.05) is 37.3 Å². The van der Waals surface area contributed by atoms with Gasteiger partial charge in [0, 0.05) is 18.5 Å². The molecule has 12 heteroatoms. The lowest BCUT2D eigenvalue weighted by Gasteiger charge is -2.18. The molecule has 1 aromatic carbocycles. The maximum Gasteiger partial charge on any atom is 0.333 e. The van der Waals surface area contributed by atoms with E-state index in [2.05, 4.69) is 9.51 Å². The lowest BCUT2D eigenvalue weighted by atomic mass is 10.0. The van der Waals surface area contributed by atoms with Gasteiger partial charge in [-0.2, -0.15) is 0 Å². The number of benzene rings is 1. The average molecular weight is 489 g/mol. The van der Waals surface area contributed by atoms with Crippen molar-refractivity contribution in [3.63, 3.8) is 0 Å². The number of nitrogens with zero attached hydrogens (tertiary/aromatic N) is 3. The van der Waals surface area contributed by atoms with Crippen molar-refractivity contribution in [3.05, 3.63) is 87.0 Å². The molecule has 1 saturated heterocycles. The Kier molecular flexibility index (Phi) is 7.34. The van der Waals surface area contributed by atoms with Gasteiger partial charge in [0.15, 0.2) is 6.23 Å². The normalized spacial score (nSPS) is 22.4. The Bertz CT molecular complexity index is 1260. The zero-order chi connectivity index (χ0) is 24.4. The molecule has 34 heavy (non-hydrogen) atoms. The second-order valence-electron chi connectivity index (χ2n) is 7.93. The van der Waals surface area contributed by atoms with E-state index in [0.717, 1.165) is 31.9 Å². The SMILES string of the molecule is Cc1ccc(-c2ccnc(Cn3c(=O)ccn(C4OC(COP(O)O)C(O)C4O)c3=O)c2)cc1. The zero-order valence-electron chi connectivity index (χ0n) is 18.1. The van der Waals surface area contributed by atoms with Gasteiger partial charge in [0.2, 0.25) is 0 Å². The minimum absolute atomic E-state index is 0.116. The molecule has 3 heterocycles. The molecule has 0 amide bonds. The van der Waals surface area contributed by atoms with Crippen LogP contribution in [0.4, 0.5) is 0 Å². The summed E-state index contributed by atoms with van der Waals surface area (Å²) >= 11 is 0. The number of ether oxygens (including phenoxy) is 1. The first-order valence-corrected chi connectivity index (χ1v) is 11.6. The molecule has 4 unspecified atom stereocenters. The molecule has 11 nitrogen and oxygen atoms in total. The first-order chi connectivity index (χ1) is 16.2. The number of aryl methyl sites for hydroxylation is 1. The molecule has 1 aliphatic rings. The van der Waals surface area contributed by atoms with Crippen molar-refractivity contribution in [2.24, 2.45) is 0 Å². The third-order valence-electron chi connectivity index (χ3n) is 5.58. The third-order valence-corrected chi connectivity index (χ3v) is 5.96. The highest BCUT2D eigenvalue weighted by molar-refractivity contribution is 7.39. The Hall–Kier alpha value is -2.76. The van der Waals surface area contributed by atoms with Crippen molar-refractivity contribution in [1.82, 2.24) is 14.1 Å². The van der Waals surface area contributed by atoms with Gasteiger partial charge in [-0.25, -0.2) is 4.79 Å². The molecule has 4 rings (SSSR count). The van der Waals surface area contributed by atoms with E-state index in [1.165, 1.54) is 6.20 Å². The van der Waals surface area contributed by atoms with Crippen LogP contribution in [0.1, 0.15) is 17.5 Å². The molecule has 2 aromatic heterocycles. The second-order valence-corrected chi connectivity index (χ2v) is 8.69. The number of hydrogen-bond acceptors (Lipinski definition) is 9. The van der Waals surface area contributed by atoms with Gasteiger partial charge in [-0.05, 0) is 30.2 Å². The van der Waals surface area contributed by atoms with E-state index in [-0.39, 0.29) is 6.54 Å².